The Bertz CT molecular complexity index is 874. The van der Waals surface area contributed by atoms with Gasteiger partial charge in [-0.2, -0.15) is 0 Å². The molecule has 148 valence electrons. The van der Waals surface area contributed by atoms with E-state index < -0.39 is 0 Å². The number of anilines is 1. The molecule has 2 aliphatic rings. The third kappa shape index (κ3) is 3.91. The van der Waals surface area contributed by atoms with Crippen LogP contribution in [0.5, 0.6) is 5.75 Å². The van der Waals surface area contributed by atoms with Gasteiger partial charge in [-0.15, -0.1) is 0 Å². The first-order chi connectivity index (χ1) is 13.6. The van der Waals surface area contributed by atoms with Gasteiger partial charge in [0.15, 0.2) is 6.61 Å². The van der Waals surface area contributed by atoms with Gasteiger partial charge < -0.3 is 19.5 Å². The van der Waals surface area contributed by atoms with E-state index in [1.807, 2.05) is 42.4 Å². The Morgan fingerprint density at radius 1 is 1.21 bits per heavy atom. The van der Waals surface area contributed by atoms with Crippen molar-refractivity contribution in [2.24, 2.45) is 7.05 Å². The smallest absolute Gasteiger partial charge is 0.261 e. The first-order valence-corrected chi connectivity index (χ1v) is 10.1. The summed E-state index contributed by atoms with van der Waals surface area (Å²) in [4.78, 5) is 26.5. The van der Waals surface area contributed by atoms with Gasteiger partial charge >= 0.3 is 0 Å². The molecule has 3 heterocycles. The molecule has 1 fully saturated rings. The van der Waals surface area contributed by atoms with E-state index in [9.17, 15) is 9.59 Å². The fourth-order valence-corrected chi connectivity index (χ4v) is 4.21. The molecule has 4 rings (SSSR count). The molecule has 1 atom stereocenters. The molecule has 6 nitrogen and oxygen atoms in total. The number of benzene rings is 1. The second kappa shape index (κ2) is 8.09. The van der Waals surface area contributed by atoms with E-state index in [1.54, 1.807) is 0 Å². The summed E-state index contributed by atoms with van der Waals surface area (Å²) in [5, 5.41) is 2.87. The molecule has 2 aromatic rings. The number of likely N-dealkylation sites (tertiary alicyclic amines) is 1. The predicted molar refractivity (Wildman–Crippen MR) is 107 cm³/mol. The highest BCUT2D eigenvalue weighted by atomic mass is 16.5. The highest BCUT2D eigenvalue weighted by Gasteiger charge is 2.28. The zero-order valence-corrected chi connectivity index (χ0v) is 16.3. The van der Waals surface area contributed by atoms with Crippen LogP contribution in [0.15, 0.2) is 36.5 Å². The third-order valence-corrected chi connectivity index (χ3v) is 5.73. The van der Waals surface area contributed by atoms with Crippen LogP contribution in [0.1, 0.15) is 49.4 Å². The number of nitrogens with zero attached hydrogens (tertiary/aromatic N) is 2. The molecule has 0 unspecified atom stereocenters. The molecule has 6 heteroatoms. The van der Waals surface area contributed by atoms with Gasteiger partial charge in [-0.1, -0.05) is 12.8 Å². The Balaban J connectivity index is 1.44. The molecule has 0 radical (unpaired) electrons. The van der Waals surface area contributed by atoms with E-state index in [2.05, 4.69) is 16.0 Å². The molecule has 0 aliphatic carbocycles. The number of amides is 2. The Labute approximate surface area is 165 Å². The van der Waals surface area contributed by atoms with E-state index in [0.29, 0.717) is 18.6 Å². The average Bonchev–Trinajstić information content (AvgIpc) is 2.97. The first-order valence-electron chi connectivity index (χ1n) is 10.1. The molecule has 2 aliphatic heterocycles. The standard InChI is InChI=1S/C22H27N3O3/c1-24-12-5-7-19(24)20-6-3-2-4-13-25(20)22(27)15-28-17-9-10-18-16(14-17)8-11-21(26)23-18/h5,7,9-10,12,14,20H,2-4,6,8,11,13,15H2,1H3,(H,23,26)/t20-/m1/s1. The highest BCUT2D eigenvalue weighted by Crippen LogP contribution is 2.31. The van der Waals surface area contributed by atoms with Crippen molar-refractivity contribution in [2.75, 3.05) is 18.5 Å². The van der Waals surface area contributed by atoms with Gasteiger partial charge in [0.2, 0.25) is 5.91 Å². The van der Waals surface area contributed by atoms with E-state index in [-0.39, 0.29) is 24.5 Å². The lowest BCUT2D eigenvalue weighted by Crippen LogP contribution is -2.38. The number of nitrogens with one attached hydrogen (secondary N) is 1. The second-order valence-electron chi connectivity index (χ2n) is 7.65. The van der Waals surface area contributed by atoms with E-state index in [4.69, 9.17) is 4.74 Å². The van der Waals surface area contributed by atoms with Crippen LogP contribution in [-0.2, 0) is 23.1 Å². The first kappa shape index (κ1) is 18.6. The maximum atomic E-state index is 13.0. The molecule has 1 aromatic carbocycles. The number of rotatable bonds is 4. The maximum absolute atomic E-state index is 13.0. The second-order valence-corrected chi connectivity index (χ2v) is 7.65. The highest BCUT2D eigenvalue weighted by molar-refractivity contribution is 5.94. The molecule has 0 spiro atoms. The van der Waals surface area contributed by atoms with Gasteiger partial charge in [0, 0.05) is 37.6 Å². The summed E-state index contributed by atoms with van der Waals surface area (Å²) in [6.07, 6.45) is 7.53. The Hall–Kier alpha value is -2.76. The van der Waals surface area contributed by atoms with Crippen LogP contribution < -0.4 is 10.1 Å². The predicted octanol–water partition coefficient (Wildman–Crippen LogP) is 3.43. The molecular weight excluding hydrogens is 354 g/mol. The zero-order valence-electron chi connectivity index (χ0n) is 16.3. The minimum atomic E-state index is 0.0270. The monoisotopic (exact) mass is 381 g/mol. The summed E-state index contributed by atoms with van der Waals surface area (Å²) < 4.78 is 7.95. The lowest BCUT2D eigenvalue weighted by atomic mass is 10.0. The van der Waals surface area contributed by atoms with Crippen molar-refractivity contribution in [2.45, 2.75) is 44.6 Å². The topological polar surface area (TPSA) is 63.6 Å². The van der Waals surface area contributed by atoms with Crippen LogP contribution in [0.3, 0.4) is 0 Å². The molecular formula is C22H27N3O3. The molecule has 28 heavy (non-hydrogen) atoms. The maximum Gasteiger partial charge on any atom is 0.261 e. The Morgan fingerprint density at radius 3 is 2.93 bits per heavy atom. The van der Waals surface area contributed by atoms with Gasteiger partial charge in [0.05, 0.1) is 6.04 Å². The van der Waals surface area contributed by atoms with E-state index in [1.165, 1.54) is 5.69 Å². The summed E-state index contributed by atoms with van der Waals surface area (Å²) in [5.74, 6) is 0.747. The third-order valence-electron chi connectivity index (χ3n) is 5.73. The fourth-order valence-electron chi connectivity index (χ4n) is 4.21. The molecule has 0 saturated carbocycles. The summed E-state index contributed by atoms with van der Waals surface area (Å²) in [5.41, 5.74) is 3.08. The van der Waals surface area contributed by atoms with E-state index in [0.717, 1.165) is 43.5 Å². The van der Waals surface area contributed by atoms with E-state index >= 15 is 0 Å². The van der Waals surface area contributed by atoms with Gasteiger partial charge in [0.25, 0.3) is 5.91 Å². The van der Waals surface area contributed by atoms with Crippen LogP contribution in [0, 0.1) is 0 Å². The number of carbonyl (C=O) groups is 2. The molecule has 0 bridgehead atoms. The van der Waals surface area contributed by atoms with Gasteiger partial charge in [-0.25, -0.2) is 0 Å². The molecule has 1 aromatic heterocycles. The quantitative estimate of drug-likeness (QED) is 0.882. The number of hydrogen-bond donors (Lipinski definition) is 1. The number of ether oxygens (including phenoxy) is 1. The SMILES string of the molecule is Cn1cccc1[C@H]1CCCCCN1C(=O)COc1ccc2c(c1)CCC(=O)N2. The Morgan fingerprint density at radius 2 is 2.11 bits per heavy atom. The van der Waals surface area contributed by atoms with Crippen LogP contribution in [0.2, 0.25) is 0 Å². The van der Waals surface area contributed by atoms with Crippen LogP contribution >= 0.6 is 0 Å². The largest absolute Gasteiger partial charge is 0.484 e. The lowest BCUT2D eigenvalue weighted by molar-refractivity contribution is -0.136. The number of aryl methyl sites for hydroxylation is 2. The number of hydrogen-bond acceptors (Lipinski definition) is 3. The average molecular weight is 381 g/mol. The summed E-state index contributed by atoms with van der Waals surface area (Å²) in [6.45, 7) is 0.806. The normalized spacial score (nSPS) is 19.5. The zero-order chi connectivity index (χ0) is 19.5. The van der Waals surface area contributed by atoms with Crippen molar-refractivity contribution in [3.05, 3.63) is 47.8 Å². The van der Waals surface area contributed by atoms with Crippen LogP contribution in [0.25, 0.3) is 0 Å². The van der Waals surface area contributed by atoms with Crippen molar-refractivity contribution in [1.29, 1.82) is 0 Å². The summed E-state index contributed by atoms with van der Waals surface area (Å²) >= 11 is 0. The minimum absolute atomic E-state index is 0.0270. The minimum Gasteiger partial charge on any atom is -0.484 e. The lowest BCUT2D eigenvalue weighted by Gasteiger charge is -2.30. The van der Waals surface area contributed by atoms with Crippen molar-refractivity contribution < 1.29 is 14.3 Å². The summed E-state index contributed by atoms with van der Waals surface area (Å²) in [7, 11) is 2.03. The van der Waals surface area contributed by atoms with Crippen molar-refractivity contribution in [3.8, 4) is 5.75 Å². The summed E-state index contributed by atoms with van der Waals surface area (Å²) in [6, 6.07) is 9.84. The number of carbonyl (C=O) groups excluding carboxylic acids is 2. The van der Waals surface area contributed by atoms with Gasteiger partial charge in [0.1, 0.15) is 5.75 Å². The van der Waals surface area contributed by atoms with Crippen LogP contribution in [-0.4, -0.2) is 34.4 Å². The van der Waals surface area contributed by atoms with Gasteiger partial charge in [-0.05, 0) is 55.2 Å². The van der Waals surface area contributed by atoms with Crippen molar-refractivity contribution in [3.63, 3.8) is 0 Å². The number of fused-ring (bicyclic) bond motifs is 1. The molecule has 1 saturated heterocycles. The molecule has 1 N–H and O–H groups in total. The van der Waals surface area contributed by atoms with Crippen molar-refractivity contribution >= 4 is 17.5 Å². The number of aromatic nitrogens is 1. The Kier molecular flexibility index (Phi) is 5.37. The fraction of sp³-hybridized carbons (Fsp3) is 0.455. The molecule has 2 amide bonds. The van der Waals surface area contributed by atoms with Gasteiger partial charge in [-0.3, -0.25) is 9.59 Å². The van der Waals surface area contributed by atoms with Crippen LogP contribution in [0.4, 0.5) is 5.69 Å². The van der Waals surface area contributed by atoms with Crippen molar-refractivity contribution in [1.82, 2.24) is 9.47 Å².